The van der Waals surface area contributed by atoms with Crippen LogP contribution >= 0.6 is 12.4 Å². The molecule has 134 valence electrons. The zero-order valence-electron chi connectivity index (χ0n) is 14.6. The summed E-state index contributed by atoms with van der Waals surface area (Å²) in [5.41, 5.74) is 2.40. The Labute approximate surface area is 151 Å². The van der Waals surface area contributed by atoms with Crippen LogP contribution in [0.1, 0.15) is 43.2 Å². The molecule has 2 bridgehead atoms. The maximum atomic E-state index is 12.1. The lowest BCUT2D eigenvalue weighted by Crippen LogP contribution is -2.40. The fraction of sp³-hybridized carbons (Fsp3) is 0.632. The minimum absolute atomic E-state index is 0. The zero-order valence-corrected chi connectivity index (χ0v) is 15.5. The third-order valence-electron chi connectivity index (χ3n) is 4.93. The Kier molecular flexibility index (Phi) is 6.93. The average Bonchev–Trinajstić information content (AvgIpc) is 2.82. The van der Waals surface area contributed by atoms with Crippen LogP contribution in [0.5, 0.6) is 5.75 Å². The summed E-state index contributed by atoms with van der Waals surface area (Å²) in [6.45, 7) is 5.22. The first-order valence-corrected chi connectivity index (χ1v) is 8.82. The van der Waals surface area contributed by atoms with Crippen molar-refractivity contribution < 1.29 is 9.53 Å². The van der Waals surface area contributed by atoms with Crippen LogP contribution in [0.15, 0.2) is 18.2 Å². The van der Waals surface area contributed by atoms with Crippen LogP contribution in [0.2, 0.25) is 0 Å². The smallest absolute Gasteiger partial charge is 0.220 e. The molecular formula is C19H29ClN2O2. The molecule has 0 spiro atoms. The third-order valence-corrected chi connectivity index (χ3v) is 4.93. The van der Waals surface area contributed by atoms with Crippen molar-refractivity contribution >= 4 is 18.3 Å². The van der Waals surface area contributed by atoms with Gasteiger partial charge in [0.2, 0.25) is 5.91 Å². The number of hydrogen-bond acceptors (Lipinski definition) is 3. The van der Waals surface area contributed by atoms with Crippen LogP contribution in [0.4, 0.5) is 0 Å². The maximum Gasteiger partial charge on any atom is 0.220 e. The van der Waals surface area contributed by atoms with E-state index in [0.717, 1.165) is 18.6 Å². The highest BCUT2D eigenvalue weighted by Crippen LogP contribution is 2.32. The number of amides is 1. The largest absolute Gasteiger partial charge is 0.492 e. The average molecular weight is 353 g/mol. The molecular weight excluding hydrogens is 324 g/mol. The van der Waals surface area contributed by atoms with E-state index in [-0.39, 0.29) is 18.3 Å². The van der Waals surface area contributed by atoms with E-state index in [1.54, 1.807) is 0 Å². The lowest BCUT2D eigenvalue weighted by atomic mass is 9.89. The summed E-state index contributed by atoms with van der Waals surface area (Å²) in [4.78, 5) is 12.1. The van der Waals surface area contributed by atoms with Crippen LogP contribution in [-0.4, -0.2) is 31.1 Å². The number of carbonyl (C=O) groups excluding carboxylic acids is 1. The zero-order chi connectivity index (χ0) is 16.2. The second kappa shape index (κ2) is 8.72. The molecule has 3 rings (SSSR count). The predicted molar refractivity (Wildman–Crippen MR) is 99.0 cm³/mol. The van der Waals surface area contributed by atoms with Gasteiger partial charge in [0.25, 0.3) is 0 Å². The van der Waals surface area contributed by atoms with E-state index >= 15 is 0 Å². The third kappa shape index (κ3) is 5.38. The first-order valence-electron chi connectivity index (χ1n) is 8.82. The van der Waals surface area contributed by atoms with Crippen molar-refractivity contribution in [1.82, 2.24) is 10.6 Å². The van der Waals surface area contributed by atoms with Gasteiger partial charge in [0.15, 0.2) is 0 Å². The summed E-state index contributed by atoms with van der Waals surface area (Å²) in [6.07, 6.45) is 5.54. The molecule has 0 saturated carbocycles. The molecule has 2 fully saturated rings. The van der Waals surface area contributed by atoms with Gasteiger partial charge < -0.3 is 15.4 Å². The van der Waals surface area contributed by atoms with Gasteiger partial charge in [-0.25, -0.2) is 0 Å². The fourth-order valence-corrected chi connectivity index (χ4v) is 4.05. The summed E-state index contributed by atoms with van der Waals surface area (Å²) in [6, 6.07) is 7.49. The molecule has 5 heteroatoms. The van der Waals surface area contributed by atoms with E-state index in [4.69, 9.17) is 4.74 Å². The molecule has 1 amide bonds. The quantitative estimate of drug-likeness (QED) is 0.773. The number of benzene rings is 1. The predicted octanol–water partition coefficient (Wildman–Crippen LogP) is 3.14. The van der Waals surface area contributed by atoms with Gasteiger partial charge in [-0.05, 0) is 68.7 Å². The number of aryl methyl sites for hydroxylation is 2. The summed E-state index contributed by atoms with van der Waals surface area (Å²) >= 11 is 0. The Hall–Kier alpha value is -1.26. The highest BCUT2D eigenvalue weighted by Gasteiger charge is 2.33. The van der Waals surface area contributed by atoms with E-state index < -0.39 is 0 Å². The Morgan fingerprint density at radius 1 is 1.17 bits per heavy atom. The molecule has 24 heavy (non-hydrogen) atoms. The van der Waals surface area contributed by atoms with E-state index in [9.17, 15) is 4.79 Å². The van der Waals surface area contributed by atoms with E-state index in [0.29, 0.717) is 37.6 Å². The standard InChI is InChI=1S/C19H28N2O2.ClH/c1-13-7-14(2)9-18(8-13)23-6-5-20-19(22)12-15-10-16-3-4-17(11-15)21-16;/h7-9,15-17,21H,3-6,10-12H2,1-2H3,(H,20,22);1H. The summed E-state index contributed by atoms with van der Waals surface area (Å²) in [7, 11) is 0. The van der Waals surface area contributed by atoms with Crippen molar-refractivity contribution in [3.63, 3.8) is 0 Å². The van der Waals surface area contributed by atoms with Crippen molar-refractivity contribution in [2.45, 2.75) is 58.0 Å². The molecule has 4 nitrogen and oxygen atoms in total. The highest BCUT2D eigenvalue weighted by atomic mass is 35.5. The molecule has 0 aromatic heterocycles. The minimum atomic E-state index is 0. The van der Waals surface area contributed by atoms with E-state index in [1.165, 1.54) is 24.0 Å². The Morgan fingerprint density at radius 2 is 1.79 bits per heavy atom. The number of halogens is 1. The van der Waals surface area contributed by atoms with E-state index in [2.05, 4.69) is 30.5 Å². The van der Waals surface area contributed by atoms with E-state index in [1.807, 2.05) is 12.1 Å². The molecule has 2 atom stereocenters. The first-order chi connectivity index (χ1) is 11.1. The van der Waals surface area contributed by atoms with Crippen LogP contribution in [0.25, 0.3) is 0 Å². The number of fused-ring (bicyclic) bond motifs is 2. The number of carbonyl (C=O) groups is 1. The lowest BCUT2D eigenvalue weighted by Gasteiger charge is -2.28. The van der Waals surface area contributed by atoms with Crippen molar-refractivity contribution in [1.29, 1.82) is 0 Å². The molecule has 2 N–H and O–H groups in total. The SMILES string of the molecule is Cc1cc(C)cc(OCCNC(=O)CC2CC3CCC(C2)N3)c1.Cl. The Balaban J connectivity index is 0.00000208. The van der Waals surface area contributed by atoms with Gasteiger partial charge >= 0.3 is 0 Å². The van der Waals surface area contributed by atoms with Crippen molar-refractivity contribution in [3.8, 4) is 5.75 Å². The minimum Gasteiger partial charge on any atom is -0.492 e. The lowest BCUT2D eigenvalue weighted by molar-refractivity contribution is -0.122. The number of nitrogens with one attached hydrogen (secondary N) is 2. The second-order valence-corrected chi connectivity index (χ2v) is 7.20. The monoisotopic (exact) mass is 352 g/mol. The molecule has 1 aromatic rings. The van der Waals surface area contributed by atoms with Crippen molar-refractivity contribution in [3.05, 3.63) is 29.3 Å². The Morgan fingerprint density at radius 3 is 2.42 bits per heavy atom. The van der Waals surface area contributed by atoms with Gasteiger partial charge in [-0.2, -0.15) is 0 Å². The first kappa shape index (κ1) is 19.1. The van der Waals surface area contributed by atoms with Gasteiger partial charge in [0.05, 0.1) is 6.54 Å². The van der Waals surface area contributed by atoms with Crippen LogP contribution in [0.3, 0.4) is 0 Å². The van der Waals surface area contributed by atoms with Crippen molar-refractivity contribution in [2.24, 2.45) is 5.92 Å². The van der Waals surface area contributed by atoms with Gasteiger partial charge in [0, 0.05) is 18.5 Å². The highest BCUT2D eigenvalue weighted by molar-refractivity contribution is 5.85. The number of rotatable bonds is 6. The van der Waals surface area contributed by atoms with Gasteiger partial charge in [0.1, 0.15) is 12.4 Å². The molecule has 2 saturated heterocycles. The number of piperidine rings is 1. The molecule has 0 aliphatic carbocycles. The van der Waals surface area contributed by atoms with Crippen LogP contribution in [0, 0.1) is 19.8 Å². The molecule has 0 radical (unpaired) electrons. The van der Waals surface area contributed by atoms with Crippen molar-refractivity contribution in [2.75, 3.05) is 13.2 Å². The van der Waals surface area contributed by atoms with Gasteiger partial charge in [-0.15, -0.1) is 12.4 Å². The molecule has 2 aliphatic heterocycles. The van der Waals surface area contributed by atoms with Crippen LogP contribution in [-0.2, 0) is 4.79 Å². The summed E-state index contributed by atoms with van der Waals surface area (Å²) < 4.78 is 5.73. The van der Waals surface area contributed by atoms with Crippen LogP contribution < -0.4 is 15.4 Å². The maximum absolute atomic E-state index is 12.1. The topological polar surface area (TPSA) is 50.4 Å². The molecule has 1 aromatic carbocycles. The fourth-order valence-electron chi connectivity index (χ4n) is 4.05. The molecule has 2 unspecified atom stereocenters. The Bertz CT molecular complexity index is 532. The number of hydrogen-bond donors (Lipinski definition) is 2. The normalized spacial score (nSPS) is 25.0. The second-order valence-electron chi connectivity index (χ2n) is 7.20. The van der Waals surface area contributed by atoms with Gasteiger partial charge in [-0.1, -0.05) is 6.07 Å². The molecule has 2 aliphatic rings. The number of ether oxygens (including phenoxy) is 1. The molecule has 2 heterocycles. The summed E-state index contributed by atoms with van der Waals surface area (Å²) in [5.74, 6) is 1.60. The summed E-state index contributed by atoms with van der Waals surface area (Å²) in [5, 5.41) is 6.62. The van der Waals surface area contributed by atoms with Gasteiger partial charge in [-0.3, -0.25) is 4.79 Å².